The lowest BCUT2D eigenvalue weighted by Crippen LogP contribution is -2.39. The minimum absolute atomic E-state index is 0.0784. The van der Waals surface area contributed by atoms with Gasteiger partial charge in [-0.25, -0.2) is 0 Å². The van der Waals surface area contributed by atoms with Crippen LogP contribution in [0.15, 0.2) is 24.3 Å². The van der Waals surface area contributed by atoms with E-state index in [1.54, 1.807) is 0 Å². The van der Waals surface area contributed by atoms with E-state index >= 15 is 0 Å². The average Bonchev–Trinajstić information content (AvgIpc) is 2.59. The van der Waals surface area contributed by atoms with Gasteiger partial charge >= 0.3 is 0 Å². The number of ether oxygens (including phenoxy) is 1. The molecule has 0 saturated carbocycles. The van der Waals surface area contributed by atoms with Crippen molar-refractivity contribution in [2.45, 2.75) is 38.8 Å². The van der Waals surface area contributed by atoms with Gasteiger partial charge in [-0.1, -0.05) is 12.1 Å². The quantitative estimate of drug-likeness (QED) is 0.872. The third-order valence-corrected chi connectivity index (χ3v) is 3.07. The Bertz CT molecular complexity index is 388. The summed E-state index contributed by atoms with van der Waals surface area (Å²) in [5.41, 5.74) is 7.26. The number of nitrogens with zero attached hydrogens (tertiary/aromatic N) is 1. The summed E-state index contributed by atoms with van der Waals surface area (Å²) in [7, 11) is 0. The van der Waals surface area contributed by atoms with Crippen LogP contribution in [0.5, 0.6) is 5.75 Å². The molecule has 0 aromatic heterocycles. The van der Waals surface area contributed by atoms with Crippen molar-refractivity contribution in [1.29, 1.82) is 0 Å². The third-order valence-electron chi connectivity index (χ3n) is 3.07. The molecule has 17 heavy (non-hydrogen) atoms. The first-order valence-corrected chi connectivity index (χ1v) is 6.27. The summed E-state index contributed by atoms with van der Waals surface area (Å²) in [6.45, 7) is 8.11. The van der Waals surface area contributed by atoms with Crippen LogP contribution < -0.4 is 15.4 Å². The van der Waals surface area contributed by atoms with Crippen molar-refractivity contribution in [2.75, 3.05) is 18.0 Å². The second kappa shape index (κ2) is 4.57. The van der Waals surface area contributed by atoms with Crippen LogP contribution in [-0.4, -0.2) is 24.7 Å². The monoisotopic (exact) mass is 234 g/mol. The van der Waals surface area contributed by atoms with E-state index in [0.717, 1.165) is 30.9 Å². The van der Waals surface area contributed by atoms with Gasteiger partial charge in [-0.05, 0) is 39.3 Å². The van der Waals surface area contributed by atoms with E-state index in [1.807, 2.05) is 26.0 Å². The van der Waals surface area contributed by atoms with Gasteiger partial charge in [-0.15, -0.1) is 0 Å². The van der Waals surface area contributed by atoms with Crippen LogP contribution in [-0.2, 0) is 0 Å². The maximum atomic E-state index is 6.17. The number of hydrogen-bond acceptors (Lipinski definition) is 3. The summed E-state index contributed by atoms with van der Waals surface area (Å²) in [6.07, 6.45) is 1.23. The first kappa shape index (κ1) is 12.2. The summed E-state index contributed by atoms with van der Waals surface area (Å²) >= 11 is 0. The topological polar surface area (TPSA) is 38.5 Å². The van der Waals surface area contributed by atoms with Crippen molar-refractivity contribution in [1.82, 2.24) is 0 Å². The van der Waals surface area contributed by atoms with Crippen LogP contribution in [0.4, 0.5) is 5.69 Å². The molecule has 94 valence electrons. The second-order valence-electron chi connectivity index (χ2n) is 5.46. The molecule has 1 heterocycles. The highest BCUT2D eigenvalue weighted by atomic mass is 16.5. The molecule has 1 aliphatic heterocycles. The van der Waals surface area contributed by atoms with E-state index in [2.05, 4.69) is 24.0 Å². The molecule has 1 fully saturated rings. The highest BCUT2D eigenvalue weighted by Crippen LogP contribution is 2.33. The van der Waals surface area contributed by atoms with Gasteiger partial charge in [0.2, 0.25) is 0 Å². The average molecular weight is 234 g/mol. The molecule has 2 N–H and O–H groups in total. The third kappa shape index (κ3) is 2.91. The Balaban J connectivity index is 2.21. The molecule has 1 atom stereocenters. The summed E-state index contributed by atoms with van der Waals surface area (Å²) in [6, 6.07) is 8.20. The number of para-hydroxylation sites is 2. The van der Waals surface area contributed by atoms with Gasteiger partial charge in [0.25, 0.3) is 0 Å². The van der Waals surface area contributed by atoms with E-state index in [0.29, 0.717) is 0 Å². The minimum Gasteiger partial charge on any atom is -0.489 e. The van der Waals surface area contributed by atoms with Gasteiger partial charge < -0.3 is 15.4 Å². The maximum absolute atomic E-state index is 6.17. The zero-order valence-corrected chi connectivity index (χ0v) is 10.9. The van der Waals surface area contributed by atoms with Gasteiger partial charge in [-0.3, -0.25) is 0 Å². The van der Waals surface area contributed by atoms with Crippen molar-refractivity contribution < 1.29 is 4.74 Å². The lowest BCUT2D eigenvalue weighted by Gasteiger charge is -2.24. The fourth-order valence-corrected chi connectivity index (χ4v) is 2.26. The van der Waals surface area contributed by atoms with E-state index in [9.17, 15) is 0 Å². The Morgan fingerprint density at radius 1 is 1.35 bits per heavy atom. The van der Waals surface area contributed by atoms with Crippen LogP contribution in [0.25, 0.3) is 0 Å². The molecule has 0 amide bonds. The van der Waals surface area contributed by atoms with Crippen molar-refractivity contribution >= 4 is 5.69 Å². The summed E-state index contributed by atoms with van der Waals surface area (Å²) in [4.78, 5) is 2.32. The van der Waals surface area contributed by atoms with Crippen molar-refractivity contribution in [3.8, 4) is 5.75 Å². The molecule has 2 rings (SSSR count). The molecule has 3 nitrogen and oxygen atoms in total. The Hall–Kier alpha value is -1.22. The summed E-state index contributed by atoms with van der Waals surface area (Å²) in [5.74, 6) is 0.959. The predicted molar refractivity (Wildman–Crippen MR) is 71.6 cm³/mol. The zero-order valence-electron chi connectivity index (χ0n) is 10.9. The van der Waals surface area contributed by atoms with Crippen molar-refractivity contribution in [3.63, 3.8) is 0 Å². The molecule has 0 spiro atoms. The van der Waals surface area contributed by atoms with Gasteiger partial charge in [-0.2, -0.15) is 0 Å². The highest BCUT2D eigenvalue weighted by molar-refractivity contribution is 5.59. The first-order valence-electron chi connectivity index (χ1n) is 6.27. The number of rotatable bonds is 3. The van der Waals surface area contributed by atoms with E-state index < -0.39 is 0 Å². The molecular weight excluding hydrogens is 212 g/mol. The highest BCUT2D eigenvalue weighted by Gasteiger charge is 2.31. The van der Waals surface area contributed by atoms with Crippen LogP contribution in [0, 0.1) is 0 Å². The molecule has 1 aromatic carbocycles. The fraction of sp³-hybridized carbons (Fsp3) is 0.571. The number of benzene rings is 1. The molecule has 1 unspecified atom stereocenters. The number of hydrogen-bond donors (Lipinski definition) is 1. The second-order valence-corrected chi connectivity index (χ2v) is 5.46. The standard InChI is InChI=1S/C14H22N2O/c1-11(2)17-13-7-5-4-6-12(13)16-9-8-14(3,15)10-16/h4-7,11H,8-10,15H2,1-3H3. The van der Waals surface area contributed by atoms with Crippen LogP contribution >= 0.6 is 0 Å². The summed E-state index contributed by atoms with van der Waals surface area (Å²) in [5, 5.41) is 0. The van der Waals surface area contributed by atoms with Crippen LogP contribution in [0.1, 0.15) is 27.2 Å². The van der Waals surface area contributed by atoms with Gasteiger partial charge in [0.1, 0.15) is 5.75 Å². The Labute approximate surface area is 104 Å². The minimum atomic E-state index is -0.0784. The van der Waals surface area contributed by atoms with E-state index in [-0.39, 0.29) is 11.6 Å². The Kier molecular flexibility index (Phi) is 3.29. The Morgan fingerprint density at radius 2 is 2.06 bits per heavy atom. The SMILES string of the molecule is CC(C)Oc1ccccc1N1CCC(C)(N)C1. The predicted octanol–water partition coefficient (Wildman–Crippen LogP) is 2.40. The molecular formula is C14H22N2O. The van der Waals surface area contributed by atoms with Crippen molar-refractivity contribution in [3.05, 3.63) is 24.3 Å². The molecule has 1 aromatic rings. The zero-order chi connectivity index (χ0) is 12.5. The van der Waals surface area contributed by atoms with E-state index in [1.165, 1.54) is 0 Å². The lowest BCUT2D eigenvalue weighted by molar-refractivity contribution is 0.243. The number of anilines is 1. The maximum Gasteiger partial charge on any atom is 0.142 e. The first-order chi connectivity index (χ1) is 7.98. The molecule has 1 aliphatic rings. The molecule has 0 radical (unpaired) electrons. The van der Waals surface area contributed by atoms with Crippen LogP contribution in [0.2, 0.25) is 0 Å². The molecule has 1 saturated heterocycles. The van der Waals surface area contributed by atoms with Gasteiger partial charge in [0.15, 0.2) is 0 Å². The van der Waals surface area contributed by atoms with Crippen molar-refractivity contribution in [2.24, 2.45) is 5.73 Å². The fourth-order valence-electron chi connectivity index (χ4n) is 2.26. The molecule has 3 heteroatoms. The van der Waals surface area contributed by atoms with E-state index in [4.69, 9.17) is 10.5 Å². The molecule has 0 bridgehead atoms. The molecule has 0 aliphatic carbocycles. The smallest absolute Gasteiger partial charge is 0.142 e. The largest absolute Gasteiger partial charge is 0.489 e. The Morgan fingerprint density at radius 3 is 2.65 bits per heavy atom. The summed E-state index contributed by atoms with van der Waals surface area (Å²) < 4.78 is 5.84. The number of nitrogens with two attached hydrogens (primary N) is 1. The van der Waals surface area contributed by atoms with Gasteiger partial charge in [0.05, 0.1) is 11.8 Å². The normalized spacial score (nSPS) is 24.4. The lowest BCUT2D eigenvalue weighted by atomic mass is 10.0. The van der Waals surface area contributed by atoms with Gasteiger partial charge in [0, 0.05) is 18.6 Å². The van der Waals surface area contributed by atoms with Crippen LogP contribution in [0.3, 0.4) is 0 Å².